The molecule has 2 aromatic carbocycles. The number of nitrogens with zero attached hydrogens (tertiary/aromatic N) is 1. The van der Waals surface area contributed by atoms with Crippen LogP contribution in [0, 0.1) is 0 Å². The topological polar surface area (TPSA) is 3.24 Å². The maximum atomic E-state index is 2.88. The van der Waals surface area contributed by atoms with Crippen molar-refractivity contribution in [2.45, 2.75) is 70.0 Å². The first-order valence-electron chi connectivity index (χ1n) is 9.81. The van der Waals surface area contributed by atoms with E-state index < -0.39 is 0 Å². The SMILES string of the molecule is c1ccc(-c2ccccc2CN(C2CCCC2)C2CCCC2)cc1. The molecule has 2 aromatic rings. The molecule has 0 heterocycles. The van der Waals surface area contributed by atoms with Crippen LogP contribution in [-0.4, -0.2) is 17.0 Å². The number of rotatable bonds is 5. The van der Waals surface area contributed by atoms with Crippen LogP contribution in [0.4, 0.5) is 0 Å². The Balaban J connectivity index is 1.62. The van der Waals surface area contributed by atoms with Crippen molar-refractivity contribution in [3.63, 3.8) is 0 Å². The molecule has 4 rings (SSSR count). The van der Waals surface area contributed by atoms with Crippen molar-refractivity contribution in [1.82, 2.24) is 4.90 Å². The minimum Gasteiger partial charge on any atom is -0.293 e. The van der Waals surface area contributed by atoms with E-state index >= 15 is 0 Å². The van der Waals surface area contributed by atoms with E-state index in [0.717, 1.165) is 18.6 Å². The van der Waals surface area contributed by atoms with Crippen LogP contribution < -0.4 is 0 Å². The molecule has 0 radical (unpaired) electrons. The summed E-state index contributed by atoms with van der Waals surface area (Å²) in [7, 11) is 0. The van der Waals surface area contributed by atoms with Gasteiger partial charge in [-0.2, -0.15) is 0 Å². The molecule has 0 amide bonds. The van der Waals surface area contributed by atoms with Crippen LogP contribution in [0.1, 0.15) is 56.9 Å². The van der Waals surface area contributed by atoms with E-state index in [-0.39, 0.29) is 0 Å². The second-order valence-electron chi connectivity index (χ2n) is 7.57. The molecule has 1 heteroatoms. The molecule has 2 fully saturated rings. The summed E-state index contributed by atoms with van der Waals surface area (Å²) in [5, 5.41) is 0. The number of hydrogen-bond acceptors (Lipinski definition) is 1. The number of benzene rings is 2. The molecule has 24 heavy (non-hydrogen) atoms. The smallest absolute Gasteiger partial charge is 0.0245 e. The largest absolute Gasteiger partial charge is 0.293 e. The lowest BCUT2D eigenvalue weighted by atomic mass is 9.98. The molecule has 0 saturated heterocycles. The molecule has 1 nitrogen and oxygen atoms in total. The highest BCUT2D eigenvalue weighted by Crippen LogP contribution is 2.34. The Hall–Kier alpha value is -1.60. The van der Waals surface area contributed by atoms with Gasteiger partial charge >= 0.3 is 0 Å². The molecule has 0 unspecified atom stereocenters. The predicted octanol–water partition coefficient (Wildman–Crippen LogP) is 6.04. The molecule has 0 aromatic heterocycles. The maximum absolute atomic E-state index is 2.88. The fourth-order valence-corrected chi connectivity index (χ4v) is 4.78. The highest BCUT2D eigenvalue weighted by molar-refractivity contribution is 5.67. The van der Waals surface area contributed by atoms with Gasteiger partial charge in [-0.15, -0.1) is 0 Å². The molecule has 126 valence electrons. The van der Waals surface area contributed by atoms with Crippen molar-refractivity contribution in [3.8, 4) is 11.1 Å². The zero-order valence-electron chi connectivity index (χ0n) is 14.7. The van der Waals surface area contributed by atoms with Gasteiger partial charge in [-0.1, -0.05) is 80.3 Å². The van der Waals surface area contributed by atoms with E-state index in [2.05, 4.69) is 59.5 Å². The maximum Gasteiger partial charge on any atom is 0.0245 e. The van der Waals surface area contributed by atoms with Crippen LogP contribution in [0.25, 0.3) is 11.1 Å². The highest BCUT2D eigenvalue weighted by Gasteiger charge is 2.30. The third kappa shape index (κ3) is 3.42. The van der Waals surface area contributed by atoms with Gasteiger partial charge in [0.2, 0.25) is 0 Å². The van der Waals surface area contributed by atoms with Gasteiger partial charge in [0.15, 0.2) is 0 Å². The molecule has 0 spiro atoms. The Bertz CT molecular complexity index is 620. The van der Waals surface area contributed by atoms with Gasteiger partial charge in [-0.05, 0) is 42.4 Å². The first-order valence-corrected chi connectivity index (χ1v) is 9.81. The third-order valence-electron chi connectivity index (χ3n) is 6.04. The second kappa shape index (κ2) is 7.53. The fourth-order valence-electron chi connectivity index (χ4n) is 4.78. The van der Waals surface area contributed by atoms with Crippen molar-refractivity contribution >= 4 is 0 Å². The van der Waals surface area contributed by atoms with Gasteiger partial charge in [0.1, 0.15) is 0 Å². The Morgan fingerprint density at radius 1 is 0.667 bits per heavy atom. The summed E-state index contributed by atoms with van der Waals surface area (Å²) in [5.41, 5.74) is 4.27. The summed E-state index contributed by atoms with van der Waals surface area (Å²) in [6.45, 7) is 1.13. The predicted molar refractivity (Wildman–Crippen MR) is 102 cm³/mol. The van der Waals surface area contributed by atoms with E-state index in [0.29, 0.717) is 0 Å². The molecule has 2 aliphatic carbocycles. The van der Waals surface area contributed by atoms with Crippen molar-refractivity contribution in [2.75, 3.05) is 0 Å². The first-order chi connectivity index (χ1) is 11.9. The van der Waals surface area contributed by atoms with Crippen molar-refractivity contribution < 1.29 is 0 Å². The van der Waals surface area contributed by atoms with Gasteiger partial charge in [0.25, 0.3) is 0 Å². The average Bonchev–Trinajstić information content (AvgIpc) is 3.35. The van der Waals surface area contributed by atoms with Crippen LogP contribution in [0.5, 0.6) is 0 Å². The van der Waals surface area contributed by atoms with Gasteiger partial charge in [-0.3, -0.25) is 4.90 Å². The molecule has 0 aliphatic heterocycles. The standard InChI is InChI=1S/C23H29N/c1-2-10-19(11-3-1)23-17-9-4-12-20(23)18-24(21-13-5-6-14-21)22-15-7-8-16-22/h1-4,9-12,17,21-22H,5-8,13-16,18H2. The summed E-state index contributed by atoms with van der Waals surface area (Å²) in [6.07, 6.45) is 11.3. The van der Waals surface area contributed by atoms with E-state index in [1.54, 1.807) is 0 Å². The summed E-state index contributed by atoms with van der Waals surface area (Å²) >= 11 is 0. The molecule has 0 N–H and O–H groups in total. The van der Waals surface area contributed by atoms with Crippen molar-refractivity contribution in [2.24, 2.45) is 0 Å². The van der Waals surface area contributed by atoms with Crippen LogP contribution in [0.15, 0.2) is 54.6 Å². The Labute approximate surface area is 146 Å². The molecule has 2 saturated carbocycles. The summed E-state index contributed by atoms with van der Waals surface area (Å²) in [5.74, 6) is 0. The third-order valence-corrected chi connectivity index (χ3v) is 6.04. The van der Waals surface area contributed by atoms with Gasteiger partial charge in [0.05, 0.1) is 0 Å². The minimum absolute atomic E-state index is 0.817. The minimum atomic E-state index is 0.817. The fraction of sp³-hybridized carbons (Fsp3) is 0.478. The van der Waals surface area contributed by atoms with Gasteiger partial charge in [-0.25, -0.2) is 0 Å². The van der Waals surface area contributed by atoms with E-state index in [4.69, 9.17) is 0 Å². The molecule has 0 atom stereocenters. The lowest BCUT2D eigenvalue weighted by Crippen LogP contribution is -2.40. The first kappa shape index (κ1) is 15.9. The quantitative estimate of drug-likeness (QED) is 0.649. The zero-order valence-corrected chi connectivity index (χ0v) is 14.7. The summed E-state index contributed by atoms with van der Waals surface area (Å²) in [4.78, 5) is 2.88. The zero-order chi connectivity index (χ0) is 16.2. The van der Waals surface area contributed by atoms with Crippen LogP contribution in [-0.2, 0) is 6.54 Å². The summed E-state index contributed by atoms with van der Waals surface area (Å²) < 4.78 is 0. The second-order valence-corrected chi connectivity index (χ2v) is 7.57. The van der Waals surface area contributed by atoms with Gasteiger partial charge in [0, 0.05) is 18.6 Å². The Morgan fingerprint density at radius 3 is 1.83 bits per heavy atom. The summed E-state index contributed by atoms with van der Waals surface area (Å²) in [6, 6.07) is 21.6. The number of hydrogen-bond donors (Lipinski definition) is 0. The van der Waals surface area contributed by atoms with Crippen molar-refractivity contribution in [3.05, 3.63) is 60.2 Å². The van der Waals surface area contributed by atoms with E-state index in [9.17, 15) is 0 Å². The molecule has 0 bridgehead atoms. The monoisotopic (exact) mass is 319 g/mol. The van der Waals surface area contributed by atoms with Gasteiger partial charge < -0.3 is 0 Å². The molecule has 2 aliphatic rings. The van der Waals surface area contributed by atoms with Crippen LogP contribution in [0.3, 0.4) is 0 Å². The molecular formula is C23H29N. The normalized spacial score (nSPS) is 19.4. The molecular weight excluding hydrogens is 290 g/mol. The lowest BCUT2D eigenvalue weighted by molar-refractivity contribution is 0.128. The average molecular weight is 319 g/mol. The van der Waals surface area contributed by atoms with Crippen LogP contribution >= 0.6 is 0 Å². The highest BCUT2D eigenvalue weighted by atomic mass is 15.2. The van der Waals surface area contributed by atoms with Crippen molar-refractivity contribution in [1.29, 1.82) is 0 Å². The van der Waals surface area contributed by atoms with Crippen LogP contribution in [0.2, 0.25) is 0 Å². The lowest BCUT2D eigenvalue weighted by Gasteiger charge is -2.35. The van der Waals surface area contributed by atoms with E-state index in [1.165, 1.54) is 68.1 Å². The Morgan fingerprint density at radius 2 is 1.21 bits per heavy atom. The Kier molecular flexibility index (Phi) is 4.99. The van der Waals surface area contributed by atoms with E-state index in [1.807, 2.05) is 0 Å².